The van der Waals surface area contributed by atoms with Gasteiger partial charge in [-0.2, -0.15) is 0 Å². The molecule has 0 aliphatic carbocycles. The van der Waals surface area contributed by atoms with Crippen LogP contribution in [-0.4, -0.2) is 30.6 Å². The normalized spacial score (nSPS) is 18.3. The van der Waals surface area contributed by atoms with E-state index in [1.54, 1.807) is 0 Å². The third-order valence-corrected chi connectivity index (χ3v) is 4.07. The number of carbonyl (C=O) groups excluding carboxylic acids is 1. The molecule has 2 aromatic rings. The van der Waals surface area contributed by atoms with Crippen LogP contribution < -0.4 is 9.80 Å². The van der Waals surface area contributed by atoms with Crippen molar-refractivity contribution in [3.63, 3.8) is 0 Å². The van der Waals surface area contributed by atoms with E-state index in [0.717, 1.165) is 30.2 Å². The van der Waals surface area contributed by atoms with Crippen molar-refractivity contribution < 1.29 is 4.79 Å². The van der Waals surface area contributed by atoms with Gasteiger partial charge in [0.1, 0.15) is 5.69 Å². The van der Waals surface area contributed by atoms with Gasteiger partial charge in [0.15, 0.2) is 0 Å². The summed E-state index contributed by atoms with van der Waals surface area (Å²) < 4.78 is 1.88. The van der Waals surface area contributed by atoms with E-state index in [2.05, 4.69) is 24.9 Å². The van der Waals surface area contributed by atoms with Crippen LogP contribution in [0.4, 0.5) is 11.4 Å². The Bertz CT molecular complexity index is 662. The van der Waals surface area contributed by atoms with Crippen LogP contribution >= 0.6 is 0 Å². The Morgan fingerprint density at radius 2 is 1.76 bits per heavy atom. The van der Waals surface area contributed by atoms with Gasteiger partial charge in [0.05, 0.1) is 11.4 Å². The lowest BCUT2D eigenvalue weighted by atomic mass is 10.1. The average molecular weight is 283 g/mol. The van der Waals surface area contributed by atoms with Gasteiger partial charge in [-0.3, -0.25) is 4.79 Å². The molecule has 0 saturated heterocycles. The van der Waals surface area contributed by atoms with Crippen molar-refractivity contribution in [2.75, 3.05) is 29.9 Å². The third-order valence-electron chi connectivity index (χ3n) is 4.07. The molecule has 110 valence electrons. The number of aromatic nitrogens is 1. The number of benzene rings is 1. The summed E-state index contributed by atoms with van der Waals surface area (Å²) in [6, 6.07) is 11.9. The number of hydrogen-bond donors (Lipinski definition) is 0. The number of amides is 1. The molecular formula is C17H21N3O. The van der Waals surface area contributed by atoms with E-state index in [0.29, 0.717) is 5.92 Å². The van der Waals surface area contributed by atoms with Gasteiger partial charge in [-0.25, -0.2) is 0 Å². The van der Waals surface area contributed by atoms with E-state index in [4.69, 9.17) is 0 Å². The van der Waals surface area contributed by atoms with Gasteiger partial charge in [-0.15, -0.1) is 0 Å². The first kappa shape index (κ1) is 13.7. The molecule has 0 fully saturated rings. The van der Waals surface area contributed by atoms with E-state index in [9.17, 15) is 4.79 Å². The molecule has 1 aliphatic rings. The van der Waals surface area contributed by atoms with Gasteiger partial charge < -0.3 is 14.4 Å². The zero-order valence-corrected chi connectivity index (χ0v) is 12.8. The van der Waals surface area contributed by atoms with Gasteiger partial charge >= 0.3 is 0 Å². The molecule has 1 atom stereocenters. The van der Waals surface area contributed by atoms with Crippen molar-refractivity contribution in [2.45, 2.75) is 6.92 Å². The van der Waals surface area contributed by atoms with Crippen molar-refractivity contribution in [1.82, 2.24) is 4.57 Å². The Labute approximate surface area is 125 Å². The van der Waals surface area contributed by atoms with Crippen molar-refractivity contribution in [2.24, 2.45) is 13.0 Å². The van der Waals surface area contributed by atoms with Crippen molar-refractivity contribution in [1.29, 1.82) is 0 Å². The van der Waals surface area contributed by atoms with Crippen LogP contribution in [0.1, 0.15) is 17.4 Å². The number of anilines is 2. The van der Waals surface area contributed by atoms with Crippen LogP contribution in [0.15, 0.2) is 42.6 Å². The summed E-state index contributed by atoms with van der Waals surface area (Å²) >= 11 is 0. The zero-order valence-electron chi connectivity index (χ0n) is 12.8. The maximum Gasteiger partial charge on any atom is 0.274 e. The van der Waals surface area contributed by atoms with Gasteiger partial charge in [0.25, 0.3) is 5.91 Å². The Balaban J connectivity index is 2.06. The van der Waals surface area contributed by atoms with Gasteiger partial charge in [0, 0.05) is 33.4 Å². The molecule has 1 aliphatic heterocycles. The molecule has 0 radical (unpaired) electrons. The summed E-state index contributed by atoms with van der Waals surface area (Å²) in [6.07, 6.45) is 1.91. The molecule has 1 amide bonds. The molecule has 4 heteroatoms. The van der Waals surface area contributed by atoms with Gasteiger partial charge in [-0.05, 0) is 30.2 Å². The van der Waals surface area contributed by atoms with Crippen LogP contribution in [0, 0.1) is 5.92 Å². The van der Waals surface area contributed by atoms with Crippen LogP contribution in [0.25, 0.3) is 0 Å². The molecule has 0 bridgehead atoms. The number of para-hydroxylation sites is 2. The maximum absolute atomic E-state index is 12.9. The number of nitrogens with zero attached hydrogens (tertiary/aromatic N) is 3. The predicted molar refractivity (Wildman–Crippen MR) is 86.0 cm³/mol. The summed E-state index contributed by atoms with van der Waals surface area (Å²) in [7, 11) is 4.00. The van der Waals surface area contributed by atoms with E-state index in [1.807, 2.05) is 53.0 Å². The Morgan fingerprint density at radius 3 is 2.43 bits per heavy atom. The van der Waals surface area contributed by atoms with E-state index in [-0.39, 0.29) is 5.91 Å². The van der Waals surface area contributed by atoms with Gasteiger partial charge in [-0.1, -0.05) is 19.1 Å². The lowest BCUT2D eigenvalue weighted by molar-refractivity contribution is 0.0976. The minimum absolute atomic E-state index is 0.0668. The molecule has 4 nitrogen and oxygen atoms in total. The maximum atomic E-state index is 12.9. The van der Waals surface area contributed by atoms with Crippen LogP contribution in [0.3, 0.4) is 0 Å². The molecule has 1 aromatic heterocycles. The summed E-state index contributed by atoms with van der Waals surface area (Å²) in [5.41, 5.74) is 2.83. The number of carbonyl (C=O) groups is 1. The summed E-state index contributed by atoms with van der Waals surface area (Å²) in [4.78, 5) is 17.1. The lowest BCUT2D eigenvalue weighted by Gasteiger charge is -2.24. The molecule has 21 heavy (non-hydrogen) atoms. The van der Waals surface area contributed by atoms with Crippen LogP contribution in [-0.2, 0) is 7.05 Å². The average Bonchev–Trinajstić information content (AvgIpc) is 2.84. The highest BCUT2D eigenvalue weighted by atomic mass is 16.2. The molecule has 0 spiro atoms. The van der Waals surface area contributed by atoms with Crippen LogP contribution in [0.2, 0.25) is 0 Å². The minimum Gasteiger partial charge on any atom is -0.373 e. The van der Waals surface area contributed by atoms with Crippen molar-refractivity contribution >= 4 is 17.3 Å². The van der Waals surface area contributed by atoms with Crippen LogP contribution in [0.5, 0.6) is 0 Å². The van der Waals surface area contributed by atoms with Gasteiger partial charge in [0.2, 0.25) is 0 Å². The number of fused-ring (bicyclic) bond motifs is 1. The molecule has 1 unspecified atom stereocenters. The highest BCUT2D eigenvalue weighted by Crippen LogP contribution is 2.33. The first-order valence-corrected chi connectivity index (χ1v) is 7.31. The second-order valence-corrected chi connectivity index (χ2v) is 5.89. The second-order valence-electron chi connectivity index (χ2n) is 5.89. The quantitative estimate of drug-likeness (QED) is 0.805. The number of hydrogen-bond acceptors (Lipinski definition) is 2. The first-order chi connectivity index (χ1) is 10.1. The van der Waals surface area contributed by atoms with Crippen molar-refractivity contribution in [3.05, 3.63) is 48.3 Å². The summed E-state index contributed by atoms with van der Waals surface area (Å²) in [5, 5.41) is 0. The van der Waals surface area contributed by atoms with E-state index in [1.165, 1.54) is 0 Å². The number of aryl methyl sites for hydroxylation is 1. The lowest BCUT2D eigenvalue weighted by Crippen LogP contribution is -2.35. The van der Waals surface area contributed by atoms with Crippen molar-refractivity contribution in [3.8, 4) is 0 Å². The summed E-state index contributed by atoms with van der Waals surface area (Å²) in [6.45, 7) is 3.88. The fourth-order valence-corrected chi connectivity index (χ4v) is 3.06. The molecule has 0 N–H and O–H groups in total. The molecule has 3 rings (SSSR count). The van der Waals surface area contributed by atoms with E-state index < -0.39 is 0 Å². The highest BCUT2D eigenvalue weighted by Gasteiger charge is 2.28. The first-order valence-electron chi connectivity index (χ1n) is 7.31. The molecule has 2 heterocycles. The summed E-state index contributed by atoms with van der Waals surface area (Å²) in [5.74, 6) is 0.490. The fourth-order valence-electron chi connectivity index (χ4n) is 3.06. The highest BCUT2D eigenvalue weighted by molar-refractivity contribution is 6.07. The third kappa shape index (κ3) is 2.42. The minimum atomic E-state index is 0.0668. The molecular weight excluding hydrogens is 262 g/mol. The zero-order chi connectivity index (χ0) is 15.0. The SMILES string of the molecule is CC1CN(C)c2ccccc2N(C(=O)c2cccn2C)C1. The number of rotatable bonds is 1. The monoisotopic (exact) mass is 283 g/mol. The fraction of sp³-hybridized carbons (Fsp3) is 0.353. The smallest absolute Gasteiger partial charge is 0.274 e. The molecule has 1 aromatic carbocycles. The Kier molecular flexibility index (Phi) is 3.45. The topological polar surface area (TPSA) is 28.5 Å². The second kappa shape index (κ2) is 5.28. The predicted octanol–water partition coefficient (Wildman–Crippen LogP) is 2.76. The molecule has 0 saturated carbocycles. The Hall–Kier alpha value is -2.23. The van der Waals surface area contributed by atoms with E-state index >= 15 is 0 Å². The standard InChI is InChI=1S/C17H21N3O/c1-13-11-19(3)14-7-4-5-8-15(14)20(12-13)17(21)16-9-6-10-18(16)2/h4-10,13H,11-12H2,1-3H3. The Morgan fingerprint density at radius 1 is 1.05 bits per heavy atom. The largest absolute Gasteiger partial charge is 0.373 e.